The lowest BCUT2D eigenvalue weighted by atomic mass is 10.2. The molecule has 1 atom stereocenters. The molecule has 0 unspecified atom stereocenters. The van der Waals surface area contributed by atoms with E-state index in [1.807, 2.05) is 41.8 Å². The molecule has 3 N–H and O–H groups in total. The Hall–Kier alpha value is -4.37. The van der Waals surface area contributed by atoms with Gasteiger partial charge in [-0.1, -0.05) is 37.3 Å². The van der Waals surface area contributed by atoms with Crippen LogP contribution in [0.3, 0.4) is 0 Å². The fourth-order valence-corrected chi connectivity index (χ4v) is 4.79. The molecule has 0 spiro atoms. The Morgan fingerprint density at radius 2 is 1.97 bits per heavy atom. The van der Waals surface area contributed by atoms with Crippen molar-refractivity contribution in [3.63, 3.8) is 0 Å². The summed E-state index contributed by atoms with van der Waals surface area (Å²) in [6.45, 7) is 3.02. The van der Waals surface area contributed by atoms with E-state index in [4.69, 9.17) is 4.42 Å². The van der Waals surface area contributed by atoms with Crippen LogP contribution in [0, 0.1) is 0 Å². The molecule has 4 heterocycles. The molecule has 0 fully saturated rings. The third kappa shape index (κ3) is 5.88. The summed E-state index contributed by atoms with van der Waals surface area (Å²) in [6.07, 6.45) is 7.04. The Morgan fingerprint density at radius 1 is 1.13 bits per heavy atom. The number of aryl methyl sites for hydroxylation is 2. The van der Waals surface area contributed by atoms with E-state index in [1.165, 1.54) is 6.20 Å². The molecule has 1 aromatic carbocycles. The highest BCUT2D eigenvalue weighted by molar-refractivity contribution is 7.89. The van der Waals surface area contributed by atoms with E-state index in [2.05, 4.69) is 40.7 Å². The van der Waals surface area contributed by atoms with Crippen molar-refractivity contribution in [2.75, 3.05) is 17.2 Å². The summed E-state index contributed by atoms with van der Waals surface area (Å²) in [7, 11) is -4.02. The number of aliphatic hydroxyl groups excluding tert-OH is 1. The van der Waals surface area contributed by atoms with Gasteiger partial charge in [-0.05, 0) is 18.4 Å². The predicted molar refractivity (Wildman–Crippen MR) is 141 cm³/mol. The summed E-state index contributed by atoms with van der Waals surface area (Å²) in [5.74, 6) is 1.39. The van der Waals surface area contributed by atoms with Crippen LogP contribution in [0.1, 0.15) is 31.1 Å². The maximum atomic E-state index is 12.5. The monoisotopic (exact) mass is 552 g/mol. The van der Waals surface area contributed by atoms with Crippen molar-refractivity contribution in [2.24, 2.45) is 0 Å². The maximum Gasteiger partial charge on any atom is 0.338 e. The van der Waals surface area contributed by atoms with Gasteiger partial charge in [-0.15, -0.1) is 9.19 Å². The van der Waals surface area contributed by atoms with E-state index in [0.717, 1.165) is 18.2 Å². The highest BCUT2D eigenvalue weighted by Gasteiger charge is 2.24. The molecule has 0 saturated carbocycles. The number of rotatable bonds is 13. The fourth-order valence-electron chi connectivity index (χ4n) is 3.89. The van der Waals surface area contributed by atoms with Crippen LogP contribution in [0.15, 0.2) is 65.2 Å². The molecule has 0 bridgehead atoms. The largest absolute Gasteiger partial charge is 0.432 e. The van der Waals surface area contributed by atoms with Gasteiger partial charge >= 0.3 is 15.2 Å². The molecule has 0 aliphatic heterocycles. The number of nitrogens with one attached hydrogen (secondary N) is 2. The Labute approximate surface area is 224 Å². The Morgan fingerprint density at radius 3 is 2.72 bits per heavy atom. The van der Waals surface area contributed by atoms with Crippen molar-refractivity contribution in [1.29, 1.82) is 0 Å². The zero-order valence-corrected chi connectivity index (χ0v) is 22.0. The second kappa shape index (κ2) is 11.6. The van der Waals surface area contributed by atoms with Crippen molar-refractivity contribution < 1.29 is 17.9 Å². The number of anilines is 2. The van der Waals surface area contributed by atoms with E-state index in [-0.39, 0.29) is 12.6 Å². The van der Waals surface area contributed by atoms with Gasteiger partial charge < -0.3 is 24.7 Å². The number of imidazole rings is 1. The number of hydrogen-bond donors (Lipinski definition) is 3. The molecule has 15 heteroatoms. The van der Waals surface area contributed by atoms with Gasteiger partial charge in [0.25, 0.3) is 0 Å². The molecule has 39 heavy (non-hydrogen) atoms. The summed E-state index contributed by atoms with van der Waals surface area (Å²) in [6, 6.07) is 9.77. The lowest BCUT2D eigenvalue weighted by Gasteiger charge is -2.15. The van der Waals surface area contributed by atoms with Crippen molar-refractivity contribution >= 4 is 33.0 Å². The Balaban J connectivity index is 1.32. The van der Waals surface area contributed by atoms with E-state index >= 15 is 0 Å². The van der Waals surface area contributed by atoms with Gasteiger partial charge in [-0.3, -0.25) is 0 Å². The third-order valence-electron chi connectivity index (χ3n) is 6.03. The lowest BCUT2D eigenvalue weighted by molar-refractivity contribution is 0.271. The minimum absolute atomic E-state index is 0.0459. The fraction of sp³-hybridized carbons (Fsp3) is 0.333. The molecule has 4 aromatic heterocycles. The average Bonchev–Trinajstić information content (AvgIpc) is 3.73. The van der Waals surface area contributed by atoms with Crippen LogP contribution in [0.25, 0.3) is 11.2 Å². The molecule has 0 amide bonds. The quantitative estimate of drug-likeness (QED) is 0.194. The molecular formula is C24H28N10O4S. The SMILES string of the molecule is CC[C@H](CO)Nc1nc(NCc2ccccc2)c2ncn(CCCc3cnc(S(=O)(=O)n4cncn4)o3)c2n1. The zero-order valence-electron chi connectivity index (χ0n) is 21.2. The highest BCUT2D eigenvalue weighted by atomic mass is 32.2. The van der Waals surface area contributed by atoms with Crippen LogP contribution >= 0.6 is 0 Å². The van der Waals surface area contributed by atoms with Crippen LogP contribution in [0.4, 0.5) is 11.8 Å². The smallest absolute Gasteiger partial charge is 0.338 e. The summed E-state index contributed by atoms with van der Waals surface area (Å²) in [4.78, 5) is 21.4. The summed E-state index contributed by atoms with van der Waals surface area (Å²) in [5, 5.41) is 19.4. The normalized spacial score (nSPS) is 12.6. The summed E-state index contributed by atoms with van der Waals surface area (Å²) < 4.78 is 33.1. The molecule has 204 valence electrons. The number of nitrogens with zero attached hydrogens (tertiary/aromatic N) is 8. The first-order valence-corrected chi connectivity index (χ1v) is 13.8. The van der Waals surface area contributed by atoms with Crippen LogP contribution in [-0.2, 0) is 29.5 Å². The van der Waals surface area contributed by atoms with Crippen LogP contribution < -0.4 is 10.6 Å². The maximum absolute atomic E-state index is 12.5. The van der Waals surface area contributed by atoms with Gasteiger partial charge in [0.1, 0.15) is 18.4 Å². The number of oxazole rings is 1. The number of hydrogen-bond acceptors (Lipinski definition) is 12. The van der Waals surface area contributed by atoms with Crippen molar-refractivity contribution in [3.8, 4) is 0 Å². The minimum atomic E-state index is -4.02. The average molecular weight is 553 g/mol. The summed E-state index contributed by atoms with van der Waals surface area (Å²) in [5.41, 5.74) is 2.34. The molecule has 0 saturated heterocycles. The first-order chi connectivity index (χ1) is 19.0. The van der Waals surface area contributed by atoms with Gasteiger partial charge in [0.2, 0.25) is 5.95 Å². The van der Waals surface area contributed by atoms with E-state index in [9.17, 15) is 13.5 Å². The van der Waals surface area contributed by atoms with Gasteiger partial charge in [-0.2, -0.15) is 18.4 Å². The molecule has 0 aliphatic carbocycles. The van der Waals surface area contributed by atoms with E-state index in [0.29, 0.717) is 65.1 Å². The summed E-state index contributed by atoms with van der Waals surface area (Å²) >= 11 is 0. The minimum Gasteiger partial charge on any atom is -0.432 e. The molecule has 5 rings (SSSR count). The van der Waals surface area contributed by atoms with E-state index < -0.39 is 15.2 Å². The second-order valence-electron chi connectivity index (χ2n) is 8.75. The van der Waals surface area contributed by atoms with Crippen LogP contribution in [-0.4, -0.2) is 64.8 Å². The van der Waals surface area contributed by atoms with Gasteiger partial charge in [0.05, 0.1) is 25.2 Å². The number of benzene rings is 1. The molecule has 5 aromatic rings. The van der Waals surface area contributed by atoms with Gasteiger partial charge in [0.15, 0.2) is 17.0 Å². The Bertz CT molecular complexity index is 1610. The standard InChI is InChI=1S/C24H28N10O4S/c1-2-18(13-35)30-23-31-21(26-11-17-7-4-3-5-8-17)20-22(32-23)33(16-28-20)10-6-9-19-12-27-24(38-19)39(36,37)34-15-25-14-29-34/h3-5,7-8,12,14-16,18,35H,2,6,9-11,13H2,1H3,(H2,26,30,31,32)/t18-/m1/s1. The third-order valence-corrected chi connectivity index (χ3v) is 7.34. The number of aromatic nitrogens is 8. The van der Waals surface area contributed by atoms with Crippen LogP contribution in [0.2, 0.25) is 0 Å². The Kier molecular flexibility index (Phi) is 7.79. The lowest BCUT2D eigenvalue weighted by Crippen LogP contribution is -2.24. The van der Waals surface area contributed by atoms with E-state index in [1.54, 1.807) is 6.33 Å². The number of fused-ring (bicyclic) bond motifs is 1. The molecule has 0 aliphatic rings. The van der Waals surface area contributed by atoms with Crippen molar-refractivity contribution in [1.82, 2.24) is 38.7 Å². The number of aliphatic hydroxyl groups is 1. The van der Waals surface area contributed by atoms with Crippen molar-refractivity contribution in [3.05, 3.63) is 66.8 Å². The van der Waals surface area contributed by atoms with Crippen molar-refractivity contribution in [2.45, 2.75) is 50.5 Å². The molecular weight excluding hydrogens is 524 g/mol. The van der Waals surface area contributed by atoms with Gasteiger partial charge in [-0.25, -0.2) is 15.0 Å². The van der Waals surface area contributed by atoms with Gasteiger partial charge in [0, 0.05) is 19.5 Å². The molecule has 0 radical (unpaired) electrons. The highest BCUT2D eigenvalue weighted by Crippen LogP contribution is 2.23. The van der Waals surface area contributed by atoms with Crippen LogP contribution in [0.5, 0.6) is 0 Å². The predicted octanol–water partition coefficient (Wildman–Crippen LogP) is 2.07. The molecule has 14 nitrogen and oxygen atoms in total. The first kappa shape index (κ1) is 26.2. The second-order valence-corrected chi connectivity index (χ2v) is 10.4. The zero-order chi connectivity index (χ0) is 27.2. The first-order valence-electron chi connectivity index (χ1n) is 12.4. The topological polar surface area (TPSA) is 179 Å².